The van der Waals surface area contributed by atoms with E-state index in [2.05, 4.69) is 34.9 Å². The zero-order valence-electron chi connectivity index (χ0n) is 20.0. The second kappa shape index (κ2) is 10.9. The minimum atomic E-state index is -0.980. The summed E-state index contributed by atoms with van der Waals surface area (Å²) in [5.74, 6) is -1.68. The van der Waals surface area contributed by atoms with Crippen LogP contribution in [-0.2, 0) is 19.1 Å². The lowest BCUT2D eigenvalue weighted by Crippen LogP contribution is -2.43. The van der Waals surface area contributed by atoms with E-state index in [1.165, 1.54) is 0 Å². The Morgan fingerprint density at radius 1 is 1.00 bits per heavy atom. The Balaban J connectivity index is 1.27. The molecule has 3 unspecified atom stereocenters. The standard InChI is InChI=1S/C27H32N2O6/c1-16(2)22(25(30)28-13-17-11-12-24(35-17)26(31)32)14-29-27(33)34-15-23-20-9-5-3-7-18(20)19-8-4-6-10-21(19)23/h3-10,16-17,22-24H,11-15H2,1-2H3,(H,28,30)(H,29,33)(H,31,32). The van der Waals surface area contributed by atoms with Gasteiger partial charge >= 0.3 is 12.1 Å². The van der Waals surface area contributed by atoms with Crippen LogP contribution in [0.4, 0.5) is 4.79 Å². The van der Waals surface area contributed by atoms with Gasteiger partial charge in [-0.2, -0.15) is 0 Å². The second-order valence-electron chi connectivity index (χ2n) is 9.46. The summed E-state index contributed by atoms with van der Waals surface area (Å²) in [6.45, 7) is 4.43. The van der Waals surface area contributed by atoms with Crippen LogP contribution >= 0.6 is 0 Å². The van der Waals surface area contributed by atoms with Crippen molar-refractivity contribution in [3.05, 3.63) is 59.7 Å². The van der Waals surface area contributed by atoms with E-state index in [0.29, 0.717) is 12.8 Å². The molecule has 0 aromatic heterocycles. The highest BCUT2D eigenvalue weighted by atomic mass is 16.5. The molecule has 3 N–H and O–H groups in total. The Bertz CT molecular complexity index is 1040. The van der Waals surface area contributed by atoms with E-state index >= 15 is 0 Å². The van der Waals surface area contributed by atoms with E-state index in [0.717, 1.165) is 22.3 Å². The Hall–Kier alpha value is -3.39. The van der Waals surface area contributed by atoms with Crippen molar-refractivity contribution in [2.24, 2.45) is 11.8 Å². The van der Waals surface area contributed by atoms with Crippen molar-refractivity contribution >= 4 is 18.0 Å². The molecule has 0 bridgehead atoms. The molecule has 8 nitrogen and oxygen atoms in total. The van der Waals surface area contributed by atoms with Crippen LogP contribution in [0.2, 0.25) is 0 Å². The summed E-state index contributed by atoms with van der Waals surface area (Å²) in [6, 6.07) is 16.3. The fourth-order valence-electron chi connectivity index (χ4n) is 4.86. The highest BCUT2D eigenvalue weighted by Gasteiger charge is 2.32. The molecule has 2 aromatic rings. The monoisotopic (exact) mass is 480 g/mol. The number of alkyl carbamates (subject to hydrolysis) is 1. The molecular formula is C27H32N2O6. The number of fused-ring (bicyclic) bond motifs is 3. The molecule has 0 saturated carbocycles. The summed E-state index contributed by atoms with van der Waals surface area (Å²) in [7, 11) is 0. The predicted molar refractivity (Wildman–Crippen MR) is 130 cm³/mol. The molecule has 8 heteroatoms. The molecule has 1 fully saturated rings. The molecule has 0 spiro atoms. The molecule has 1 aliphatic carbocycles. The minimum Gasteiger partial charge on any atom is -0.479 e. The SMILES string of the molecule is CC(C)C(CNC(=O)OCC1c2ccccc2-c2ccccc21)C(=O)NCC1CCC(C(=O)O)O1. The van der Waals surface area contributed by atoms with Crippen LogP contribution in [0, 0.1) is 11.8 Å². The molecule has 3 atom stereocenters. The number of benzene rings is 2. The Morgan fingerprint density at radius 3 is 2.20 bits per heavy atom. The van der Waals surface area contributed by atoms with Gasteiger partial charge in [0, 0.05) is 19.0 Å². The summed E-state index contributed by atoms with van der Waals surface area (Å²) in [5, 5.41) is 14.6. The smallest absolute Gasteiger partial charge is 0.407 e. The lowest BCUT2D eigenvalue weighted by molar-refractivity contribution is -0.149. The quantitative estimate of drug-likeness (QED) is 0.506. The van der Waals surface area contributed by atoms with E-state index in [4.69, 9.17) is 14.6 Å². The summed E-state index contributed by atoms with van der Waals surface area (Å²) in [6.07, 6.45) is -0.668. The molecule has 35 heavy (non-hydrogen) atoms. The van der Waals surface area contributed by atoms with Crippen molar-refractivity contribution in [3.63, 3.8) is 0 Å². The third-order valence-electron chi connectivity index (χ3n) is 6.84. The first kappa shape index (κ1) is 24.7. The zero-order valence-corrected chi connectivity index (χ0v) is 20.0. The maximum atomic E-state index is 12.7. The Morgan fingerprint density at radius 2 is 1.63 bits per heavy atom. The van der Waals surface area contributed by atoms with Crippen LogP contribution < -0.4 is 10.6 Å². The maximum Gasteiger partial charge on any atom is 0.407 e. The molecule has 1 saturated heterocycles. The lowest BCUT2D eigenvalue weighted by Gasteiger charge is -2.22. The molecule has 4 rings (SSSR count). The van der Waals surface area contributed by atoms with E-state index in [1.807, 2.05) is 38.1 Å². The van der Waals surface area contributed by atoms with Crippen molar-refractivity contribution < 1.29 is 29.0 Å². The van der Waals surface area contributed by atoms with Gasteiger partial charge in [-0.15, -0.1) is 0 Å². The van der Waals surface area contributed by atoms with Gasteiger partial charge in [0.2, 0.25) is 5.91 Å². The van der Waals surface area contributed by atoms with Gasteiger partial charge in [0.15, 0.2) is 6.10 Å². The number of ether oxygens (including phenoxy) is 2. The number of hydrogen-bond donors (Lipinski definition) is 3. The first-order chi connectivity index (χ1) is 16.8. The fourth-order valence-corrected chi connectivity index (χ4v) is 4.86. The number of nitrogens with one attached hydrogen (secondary N) is 2. The van der Waals surface area contributed by atoms with Crippen LogP contribution in [0.25, 0.3) is 11.1 Å². The van der Waals surface area contributed by atoms with Crippen molar-refractivity contribution in [1.29, 1.82) is 0 Å². The van der Waals surface area contributed by atoms with E-state index in [1.54, 1.807) is 0 Å². The minimum absolute atomic E-state index is 0.0137. The summed E-state index contributed by atoms with van der Waals surface area (Å²) >= 11 is 0. The molecule has 1 aliphatic heterocycles. The number of carboxylic acid groups (broad SMARTS) is 1. The number of aliphatic carboxylic acids is 1. The first-order valence-corrected chi connectivity index (χ1v) is 12.1. The van der Waals surface area contributed by atoms with Gasteiger partial charge in [0.25, 0.3) is 0 Å². The molecule has 2 aliphatic rings. The number of carbonyl (C=O) groups is 3. The highest BCUT2D eigenvalue weighted by Crippen LogP contribution is 2.44. The van der Waals surface area contributed by atoms with Gasteiger partial charge in [-0.05, 0) is 41.0 Å². The second-order valence-corrected chi connectivity index (χ2v) is 9.46. The van der Waals surface area contributed by atoms with Gasteiger partial charge < -0.3 is 25.2 Å². The van der Waals surface area contributed by atoms with Crippen LogP contribution in [0.1, 0.15) is 43.7 Å². The summed E-state index contributed by atoms with van der Waals surface area (Å²) in [4.78, 5) is 36.3. The van der Waals surface area contributed by atoms with Crippen LogP contribution in [0.5, 0.6) is 0 Å². The first-order valence-electron chi connectivity index (χ1n) is 12.1. The van der Waals surface area contributed by atoms with Crippen molar-refractivity contribution in [3.8, 4) is 11.1 Å². The third kappa shape index (κ3) is 5.65. The third-order valence-corrected chi connectivity index (χ3v) is 6.84. The summed E-state index contributed by atoms with van der Waals surface area (Å²) in [5.41, 5.74) is 4.60. The predicted octanol–water partition coefficient (Wildman–Crippen LogP) is 3.55. The van der Waals surface area contributed by atoms with E-state index in [9.17, 15) is 14.4 Å². The fraction of sp³-hybridized carbons (Fsp3) is 0.444. The van der Waals surface area contributed by atoms with Crippen molar-refractivity contribution in [1.82, 2.24) is 10.6 Å². The Kier molecular flexibility index (Phi) is 7.70. The van der Waals surface area contributed by atoms with Gasteiger partial charge in [-0.1, -0.05) is 62.4 Å². The topological polar surface area (TPSA) is 114 Å². The number of carboxylic acids is 1. The summed E-state index contributed by atoms with van der Waals surface area (Å²) < 4.78 is 11.0. The molecule has 0 radical (unpaired) electrons. The zero-order chi connectivity index (χ0) is 24.9. The molecule has 2 aromatic carbocycles. The van der Waals surface area contributed by atoms with Crippen LogP contribution in [0.15, 0.2) is 48.5 Å². The maximum absolute atomic E-state index is 12.7. The van der Waals surface area contributed by atoms with Gasteiger partial charge in [-0.25, -0.2) is 9.59 Å². The average Bonchev–Trinajstić information content (AvgIpc) is 3.44. The van der Waals surface area contributed by atoms with Gasteiger partial charge in [0.1, 0.15) is 6.61 Å². The Labute approximate surface area is 205 Å². The van der Waals surface area contributed by atoms with Crippen LogP contribution in [-0.4, -0.2) is 55.0 Å². The number of rotatable bonds is 9. The number of carbonyl (C=O) groups excluding carboxylic acids is 2. The lowest BCUT2D eigenvalue weighted by atomic mass is 9.95. The molecule has 2 amide bonds. The van der Waals surface area contributed by atoms with Gasteiger partial charge in [0.05, 0.1) is 12.0 Å². The van der Waals surface area contributed by atoms with E-state index < -0.39 is 24.1 Å². The number of amides is 2. The van der Waals surface area contributed by atoms with Gasteiger partial charge in [-0.3, -0.25) is 4.79 Å². The van der Waals surface area contributed by atoms with E-state index in [-0.39, 0.29) is 43.5 Å². The molecule has 1 heterocycles. The van der Waals surface area contributed by atoms with Crippen molar-refractivity contribution in [2.45, 2.75) is 44.8 Å². The largest absolute Gasteiger partial charge is 0.479 e. The van der Waals surface area contributed by atoms with Crippen LogP contribution in [0.3, 0.4) is 0 Å². The highest BCUT2D eigenvalue weighted by molar-refractivity contribution is 5.80. The molecular weight excluding hydrogens is 448 g/mol. The normalized spacial score (nSPS) is 19.6. The van der Waals surface area contributed by atoms with Crippen molar-refractivity contribution in [2.75, 3.05) is 19.7 Å². The number of hydrogen-bond acceptors (Lipinski definition) is 5. The molecule has 186 valence electrons. The average molecular weight is 481 g/mol.